The third-order valence-electron chi connectivity index (χ3n) is 5.85. The van der Waals surface area contributed by atoms with E-state index in [1.54, 1.807) is 12.1 Å². The van der Waals surface area contributed by atoms with E-state index < -0.39 is 36.9 Å². The van der Waals surface area contributed by atoms with E-state index in [0.717, 1.165) is 18.4 Å². The maximum atomic E-state index is 12.3. The van der Waals surface area contributed by atoms with Crippen molar-refractivity contribution in [2.75, 3.05) is 18.5 Å². The number of amides is 2. The quantitative estimate of drug-likeness (QED) is 0.603. The average molecular weight is 442 g/mol. The zero-order valence-corrected chi connectivity index (χ0v) is 16.8. The number of carbonyl (C=O) groups excluding carboxylic acids is 2. The first-order chi connectivity index (χ1) is 14.7. The summed E-state index contributed by atoms with van der Waals surface area (Å²) in [6, 6.07) is 5.32. The molecule has 1 aromatic carbocycles. The van der Waals surface area contributed by atoms with E-state index >= 15 is 0 Å². The number of halogens is 3. The largest absolute Gasteiger partial charge is 0.487 e. The normalized spacial score (nSPS) is 27.1. The third kappa shape index (κ3) is 5.48. The van der Waals surface area contributed by atoms with Crippen LogP contribution in [0.25, 0.3) is 0 Å². The minimum absolute atomic E-state index is 0.0441. The predicted molar refractivity (Wildman–Crippen MR) is 104 cm³/mol. The number of aliphatic hydroxyl groups excluding tert-OH is 1. The summed E-state index contributed by atoms with van der Waals surface area (Å²) in [7, 11) is 0. The topological polar surface area (TPSA) is 96.9 Å². The van der Waals surface area contributed by atoms with Crippen LogP contribution in [0.4, 0.5) is 18.9 Å². The smallest absolute Gasteiger partial charge is 0.405 e. The van der Waals surface area contributed by atoms with Crippen molar-refractivity contribution < 1.29 is 37.3 Å². The highest BCUT2D eigenvalue weighted by molar-refractivity contribution is 5.91. The van der Waals surface area contributed by atoms with Crippen LogP contribution in [0, 0.1) is 5.92 Å². The molecule has 1 aromatic rings. The van der Waals surface area contributed by atoms with Gasteiger partial charge in [-0.05, 0) is 43.4 Å². The Morgan fingerprint density at radius 3 is 2.61 bits per heavy atom. The number of nitrogens with one attached hydrogen (secondary N) is 2. The van der Waals surface area contributed by atoms with Crippen molar-refractivity contribution in [2.24, 2.45) is 5.92 Å². The Hall–Kier alpha value is -2.33. The molecular weight excluding hydrogens is 417 g/mol. The first-order valence-electron chi connectivity index (χ1n) is 10.4. The van der Waals surface area contributed by atoms with Gasteiger partial charge in [0.25, 0.3) is 0 Å². The Kier molecular flexibility index (Phi) is 6.11. The van der Waals surface area contributed by atoms with Crippen molar-refractivity contribution in [1.82, 2.24) is 5.32 Å². The fourth-order valence-corrected chi connectivity index (χ4v) is 4.24. The molecule has 3 aliphatic rings. The standard InChI is InChI=1S/C21H25F3N2O5/c22-21(23,24)10-25-18(28)8-13-7-15-14-6-12(26-19(29)5-11-1-2-11)3-4-16(14)31-20(15)17(9-27)30-13/h3-4,6,11,13,15,17,20,27H,1-2,5,7-10H2,(H,25,28)(H,26,29)/t13-,15-,17-,20+/m0/s1. The molecule has 0 aromatic heterocycles. The highest BCUT2D eigenvalue weighted by Gasteiger charge is 2.46. The summed E-state index contributed by atoms with van der Waals surface area (Å²) in [5, 5.41) is 14.5. The zero-order valence-electron chi connectivity index (χ0n) is 16.8. The highest BCUT2D eigenvalue weighted by atomic mass is 19.4. The van der Waals surface area contributed by atoms with Crippen molar-refractivity contribution in [3.05, 3.63) is 23.8 Å². The van der Waals surface area contributed by atoms with E-state index in [1.165, 1.54) is 0 Å². The molecule has 4 atom stereocenters. The molecule has 170 valence electrons. The predicted octanol–water partition coefficient (Wildman–Crippen LogP) is 2.49. The molecule has 1 saturated heterocycles. The first-order valence-corrected chi connectivity index (χ1v) is 10.4. The number of carbonyl (C=O) groups is 2. The number of benzene rings is 1. The Balaban J connectivity index is 1.43. The molecule has 0 bridgehead atoms. The lowest BCUT2D eigenvalue weighted by molar-refractivity contribution is -0.149. The number of hydrogen-bond acceptors (Lipinski definition) is 5. The van der Waals surface area contributed by atoms with Gasteiger partial charge in [0, 0.05) is 23.6 Å². The van der Waals surface area contributed by atoms with Gasteiger partial charge in [-0.3, -0.25) is 9.59 Å². The van der Waals surface area contributed by atoms with Crippen LogP contribution < -0.4 is 15.4 Å². The molecule has 10 heteroatoms. The van der Waals surface area contributed by atoms with E-state index in [2.05, 4.69) is 5.32 Å². The van der Waals surface area contributed by atoms with Gasteiger partial charge in [0.2, 0.25) is 11.8 Å². The Labute approximate surface area is 177 Å². The fourth-order valence-electron chi connectivity index (χ4n) is 4.24. The van der Waals surface area contributed by atoms with Gasteiger partial charge >= 0.3 is 6.18 Å². The van der Waals surface area contributed by atoms with E-state index in [-0.39, 0.29) is 24.9 Å². The van der Waals surface area contributed by atoms with E-state index in [0.29, 0.717) is 30.2 Å². The molecule has 3 N–H and O–H groups in total. The van der Waals surface area contributed by atoms with Crippen LogP contribution in [0.1, 0.15) is 43.6 Å². The summed E-state index contributed by atoms with van der Waals surface area (Å²) >= 11 is 0. The first kappa shape index (κ1) is 21.9. The fraction of sp³-hybridized carbons (Fsp3) is 0.619. The summed E-state index contributed by atoms with van der Waals surface area (Å²) < 4.78 is 48.7. The third-order valence-corrected chi connectivity index (χ3v) is 5.85. The van der Waals surface area contributed by atoms with Crippen molar-refractivity contribution in [2.45, 2.75) is 62.5 Å². The van der Waals surface area contributed by atoms with Crippen molar-refractivity contribution in [1.29, 1.82) is 0 Å². The summed E-state index contributed by atoms with van der Waals surface area (Å²) in [5.74, 6) is 0.0586. The molecule has 0 spiro atoms. The van der Waals surface area contributed by atoms with Crippen molar-refractivity contribution >= 4 is 17.5 Å². The number of aliphatic hydroxyl groups is 1. The number of rotatable bonds is 7. The van der Waals surface area contributed by atoms with Gasteiger partial charge in [-0.2, -0.15) is 13.2 Å². The van der Waals surface area contributed by atoms with Crippen LogP contribution in [0.3, 0.4) is 0 Å². The van der Waals surface area contributed by atoms with Gasteiger partial charge in [0.15, 0.2) is 0 Å². The van der Waals surface area contributed by atoms with Crippen LogP contribution in [-0.4, -0.2) is 54.6 Å². The average Bonchev–Trinajstić information content (AvgIpc) is 3.44. The van der Waals surface area contributed by atoms with E-state index in [1.807, 2.05) is 11.4 Å². The van der Waals surface area contributed by atoms with Crippen LogP contribution in [0.2, 0.25) is 0 Å². The lowest BCUT2D eigenvalue weighted by atomic mass is 9.84. The molecular formula is C21H25F3N2O5. The molecule has 4 rings (SSSR count). The van der Waals surface area contributed by atoms with Crippen LogP contribution >= 0.6 is 0 Å². The van der Waals surface area contributed by atoms with Crippen molar-refractivity contribution in [3.8, 4) is 5.75 Å². The molecule has 2 aliphatic heterocycles. The van der Waals surface area contributed by atoms with Crippen LogP contribution in [0.15, 0.2) is 18.2 Å². The summed E-state index contributed by atoms with van der Waals surface area (Å²) in [5.41, 5.74) is 1.47. The van der Waals surface area contributed by atoms with Crippen molar-refractivity contribution in [3.63, 3.8) is 0 Å². The number of hydrogen-bond donors (Lipinski definition) is 3. The molecule has 2 fully saturated rings. The second-order valence-electron chi connectivity index (χ2n) is 8.45. The molecule has 2 heterocycles. The van der Waals surface area contributed by atoms with Crippen LogP contribution in [-0.2, 0) is 14.3 Å². The lowest BCUT2D eigenvalue weighted by Crippen LogP contribution is -2.47. The summed E-state index contributed by atoms with van der Waals surface area (Å²) in [6.45, 7) is -1.75. The van der Waals surface area contributed by atoms with Gasteiger partial charge in [-0.25, -0.2) is 0 Å². The second kappa shape index (κ2) is 8.66. The van der Waals surface area contributed by atoms with Gasteiger partial charge < -0.3 is 25.2 Å². The lowest BCUT2D eigenvalue weighted by Gasteiger charge is -2.37. The number of ether oxygens (including phenoxy) is 2. The maximum absolute atomic E-state index is 12.3. The molecule has 0 radical (unpaired) electrons. The van der Waals surface area contributed by atoms with Gasteiger partial charge in [-0.1, -0.05) is 0 Å². The Morgan fingerprint density at radius 2 is 1.94 bits per heavy atom. The maximum Gasteiger partial charge on any atom is 0.405 e. The Morgan fingerprint density at radius 1 is 1.16 bits per heavy atom. The van der Waals surface area contributed by atoms with Gasteiger partial charge in [0.05, 0.1) is 19.1 Å². The molecule has 31 heavy (non-hydrogen) atoms. The number of anilines is 1. The van der Waals surface area contributed by atoms with Gasteiger partial charge in [-0.15, -0.1) is 0 Å². The molecule has 1 saturated carbocycles. The molecule has 0 unspecified atom stereocenters. The minimum Gasteiger partial charge on any atom is -0.487 e. The number of alkyl halides is 3. The SMILES string of the molecule is O=C(C[C@@H]1C[C@H]2c3cc(NC(=O)CC4CC4)ccc3O[C@H]2[C@H](CO)O1)NCC(F)(F)F. The van der Waals surface area contributed by atoms with E-state index in [9.17, 15) is 27.9 Å². The van der Waals surface area contributed by atoms with Gasteiger partial charge in [0.1, 0.15) is 24.5 Å². The highest BCUT2D eigenvalue weighted by Crippen LogP contribution is 2.47. The number of fused-ring (bicyclic) bond motifs is 3. The Bertz CT molecular complexity index is 843. The second-order valence-corrected chi connectivity index (χ2v) is 8.45. The zero-order chi connectivity index (χ0) is 22.2. The summed E-state index contributed by atoms with van der Waals surface area (Å²) in [4.78, 5) is 24.1. The molecule has 2 amide bonds. The van der Waals surface area contributed by atoms with E-state index in [4.69, 9.17) is 9.47 Å². The molecule has 1 aliphatic carbocycles. The monoisotopic (exact) mass is 442 g/mol. The van der Waals surface area contributed by atoms with Crippen LogP contribution in [0.5, 0.6) is 5.75 Å². The molecule has 7 nitrogen and oxygen atoms in total. The summed E-state index contributed by atoms with van der Waals surface area (Å²) in [6.07, 6.45) is -3.56. The minimum atomic E-state index is -4.49.